The molecule has 0 radical (unpaired) electrons. The quantitative estimate of drug-likeness (QED) is 0.672. The van der Waals surface area contributed by atoms with Crippen LogP contribution in [0, 0.1) is 0 Å². The molecule has 0 saturated carbocycles. The average Bonchev–Trinajstić information content (AvgIpc) is 1.85. The predicted octanol–water partition coefficient (Wildman–Crippen LogP) is 1.49. The molecule has 68 valence electrons. The summed E-state index contributed by atoms with van der Waals surface area (Å²) in [5.74, 6) is 0. The molecule has 0 atom stereocenters. The Bertz CT molecular complexity index is 90.2. The van der Waals surface area contributed by atoms with Gasteiger partial charge in [0.1, 0.15) is 0 Å². The van der Waals surface area contributed by atoms with Crippen LogP contribution < -0.4 is 0 Å². The second kappa shape index (κ2) is 4.73. The summed E-state index contributed by atoms with van der Waals surface area (Å²) in [6, 6.07) is 0. The summed E-state index contributed by atoms with van der Waals surface area (Å²) >= 11 is 0. The van der Waals surface area contributed by atoms with Crippen LogP contribution in [0.2, 0.25) is 0 Å². The minimum absolute atomic E-state index is 0.193. The summed E-state index contributed by atoms with van der Waals surface area (Å²) in [7, 11) is 0. The fraction of sp³-hybridized carbons (Fsp3) is 1.00. The molecule has 11 heavy (non-hydrogen) atoms. The first-order valence-electron chi connectivity index (χ1n) is 4.38. The molecule has 0 aliphatic rings. The summed E-state index contributed by atoms with van der Waals surface area (Å²) in [6.45, 7) is 10.8. The zero-order valence-electron chi connectivity index (χ0n) is 8.22. The molecule has 2 nitrogen and oxygen atoms in total. The lowest BCUT2D eigenvalue weighted by Crippen LogP contribution is -2.43. The number of hydrogen-bond acceptors (Lipinski definition) is 2. The molecule has 0 bridgehead atoms. The van der Waals surface area contributed by atoms with Crippen molar-refractivity contribution in [1.29, 1.82) is 0 Å². The number of aliphatic hydroxyl groups excluding tert-OH is 1. The molecule has 0 aromatic carbocycles. The summed E-state index contributed by atoms with van der Waals surface area (Å²) in [4.78, 5) is 2.30. The van der Waals surface area contributed by atoms with Gasteiger partial charge in [-0.15, -0.1) is 0 Å². The normalized spacial score (nSPS) is 12.5. The number of aliphatic hydroxyl groups is 1. The lowest BCUT2D eigenvalue weighted by atomic mass is 10.1. The Morgan fingerprint density at radius 3 is 2.00 bits per heavy atom. The number of rotatable bonds is 4. The minimum atomic E-state index is 0.193. The van der Waals surface area contributed by atoms with Crippen LogP contribution in [0.5, 0.6) is 0 Å². The van der Waals surface area contributed by atoms with E-state index in [2.05, 4.69) is 32.6 Å². The molecule has 0 aliphatic carbocycles. The van der Waals surface area contributed by atoms with Crippen molar-refractivity contribution in [3.63, 3.8) is 0 Å². The van der Waals surface area contributed by atoms with E-state index in [1.807, 2.05) is 0 Å². The highest BCUT2D eigenvalue weighted by atomic mass is 16.3. The first-order chi connectivity index (χ1) is 5.02. The molecule has 0 saturated heterocycles. The van der Waals surface area contributed by atoms with Crippen molar-refractivity contribution in [3.8, 4) is 0 Å². The number of hydrogen-bond donors (Lipinski definition) is 1. The van der Waals surface area contributed by atoms with Crippen LogP contribution in [0.1, 0.15) is 34.1 Å². The van der Waals surface area contributed by atoms with Gasteiger partial charge in [-0.2, -0.15) is 0 Å². The molecular weight excluding hydrogens is 138 g/mol. The third kappa shape index (κ3) is 4.38. The van der Waals surface area contributed by atoms with E-state index in [4.69, 9.17) is 5.11 Å². The molecule has 0 rings (SSSR count). The monoisotopic (exact) mass is 159 g/mol. The van der Waals surface area contributed by atoms with Crippen molar-refractivity contribution in [2.75, 3.05) is 19.7 Å². The van der Waals surface area contributed by atoms with Gasteiger partial charge in [0, 0.05) is 12.1 Å². The highest BCUT2D eigenvalue weighted by Crippen LogP contribution is 2.12. The fourth-order valence-electron chi connectivity index (χ4n) is 1.17. The molecule has 0 amide bonds. The number of nitrogens with zero attached hydrogens (tertiary/aromatic N) is 1. The molecule has 0 heterocycles. The van der Waals surface area contributed by atoms with E-state index in [1.165, 1.54) is 0 Å². The van der Waals surface area contributed by atoms with E-state index in [-0.39, 0.29) is 12.1 Å². The first-order valence-corrected chi connectivity index (χ1v) is 4.38. The Kier molecular flexibility index (Phi) is 4.69. The van der Waals surface area contributed by atoms with Crippen molar-refractivity contribution >= 4 is 0 Å². The molecule has 0 aromatic rings. The van der Waals surface area contributed by atoms with Crippen LogP contribution in [0.3, 0.4) is 0 Å². The second-order valence-electron chi connectivity index (χ2n) is 3.88. The van der Waals surface area contributed by atoms with Crippen molar-refractivity contribution in [1.82, 2.24) is 4.90 Å². The summed E-state index contributed by atoms with van der Waals surface area (Å²) in [5.41, 5.74) is 0.193. The van der Waals surface area contributed by atoms with Gasteiger partial charge in [0.2, 0.25) is 0 Å². The molecule has 0 unspecified atom stereocenters. The van der Waals surface area contributed by atoms with Crippen LogP contribution in [0.25, 0.3) is 0 Å². The van der Waals surface area contributed by atoms with Crippen LogP contribution in [0.15, 0.2) is 0 Å². The van der Waals surface area contributed by atoms with Gasteiger partial charge in [0.25, 0.3) is 0 Å². The van der Waals surface area contributed by atoms with Gasteiger partial charge in [-0.1, -0.05) is 6.92 Å². The van der Waals surface area contributed by atoms with E-state index in [9.17, 15) is 0 Å². The average molecular weight is 159 g/mol. The standard InChI is InChI=1S/C9H21NO/c1-5-6-10(7-8-11)9(2,3)4/h11H,5-8H2,1-4H3. The smallest absolute Gasteiger partial charge is 0.0558 e. The van der Waals surface area contributed by atoms with Crippen molar-refractivity contribution in [3.05, 3.63) is 0 Å². The van der Waals surface area contributed by atoms with Crippen molar-refractivity contribution < 1.29 is 5.11 Å². The Labute approximate surface area is 70.2 Å². The van der Waals surface area contributed by atoms with E-state index in [0.29, 0.717) is 0 Å². The Morgan fingerprint density at radius 2 is 1.73 bits per heavy atom. The SMILES string of the molecule is CCCN(CCO)C(C)(C)C. The van der Waals surface area contributed by atoms with Crippen molar-refractivity contribution in [2.24, 2.45) is 0 Å². The van der Waals surface area contributed by atoms with Gasteiger partial charge >= 0.3 is 0 Å². The van der Waals surface area contributed by atoms with Gasteiger partial charge in [0.15, 0.2) is 0 Å². The molecule has 0 spiro atoms. The maximum atomic E-state index is 8.78. The second-order valence-corrected chi connectivity index (χ2v) is 3.88. The molecule has 0 aliphatic heterocycles. The van der Waals surface area contributed by atoms with Crippen LogP contribution in [0.4, 0.5) is 0 Å². The molecule has 0 fully saturated rings. The lowest BCUT2D eigenvalue weighted by molar-refractivity contribution is 0.106. The number of β-amino-alcohol motifs (C(OH)–C–C–N with tert-alkyl or cyclic N) is 1. The third-order valence-electron chi connectivity index (χ3n) is 1.81. The third-order valence-corrected chi connectivity index (χ3v) is 1.81. The summed E-state index contributed by atoms with van der Waals surface area (Å²) < 4.78 is 0. The van der Waals surface area contributed by atoms with Gasteiger partial charge in [-0.05, 0) is 33.7 Å². The van der Waals surface area contributed by atoms with Gasteiger partial charge in [-0.25, -0.2) is 0 Å². The van der Waals surface area contributed by atoms with E-state index in [0.717, 1.165) is 19.5 Å². The first kappa shape index (κ1) is 10.9. The molecule has 0 aromatic heterocycles. The zero-order valence-corrected chi connectivity index (χ0v) is 8.22. The fourth-order valence-corrected chi connectivity index (χ4v) is 1.17. The highest BCUT2D eigenvalue weighted by Gasteiger charge is 2.18. The Morgan fingerprint density at radius 1 is 1.18 bits per heavy atom. The van der Waals surface area contributed by atoms with Crippen molar-refractivity contribution in [2.45, 2.75) is 39.7 Å². The van der Waals surface area contributed by atoms with Gasteiger partial charge < -0.3 is 5.11 Å². The van der Waals surface area contributed by atoms with E-state index >= 15 is 0 Å². The largest absolute Gasteiger partial charge is 0.395 e. The van der Waals surface area contributed by atoms with Gasteiger partial charge in [0.05, 0.1) is 6.61 Å². The predicted molar refractivity (Wildman–Crippen MR) is 48.7 cm³/mol. The highest BCUT2D eigenvalue weighted by molar-refractivity contribution is 4.75. The molecular formula is C9H21NO. The lowest BCUT2D eigenvalue weighted by Gasteiger charge is -2.34. The molecule has 2 heteroatoms. The van der Waals surface area contributed by atoms with Crippen LogP contribution >= 0.6 is 0 Å². The Hall–Kier alpha value is -0.0800. The Balaban J connectivity index is 3.88. The van der Waals surface area contributed by atoms with Gasteiger partial charge in [-0.3, -0.25) is 4.90 Å². The zero-order chi connectivity index (χ0) is 8.91. The topological polar surface area (TPSA) is 23.5 Å². The summed E-state index contributed by atoms with van der Waals surface area (Å²) in [5, 5.41) is 8.78. The maximum Gasteiger partial charge on any atom is 0.0558 e. The van der Waals surface area contributed by atoms with E-state index in [1.54, 1.807) is 0 Å². The maximum absolute atomic E-state index is 8.78. The van der Waals surface area contributed by atoms with E-state index < -0.39 is 0 Å². The summed E-state index contributed by atoms with van der Waals surface area (Å²) in [6.07, 6.45) is 1.15. The minimum Gasteiger partial charge on any atom is -0.395 e. The van der Waals surface area contributed by atoms with Crippen LogP contribution in [-0.4, -0.2) is 35.2 Å². The van der Waals surface area contributed by atoms with Crippen LogP contribution in [-0.2, 0) is 0 Å². The molecule has 1 N–H and O–H groups in total.